The quantitative estimate of drug-likeness (QED) is 0.224. The van der Waals surface area contributed by atoms with E-state index in [9.17, 15) is 4.79 Å². The summed E-state index contributed by atoms with van der Waals surface area (Å²) in [6.07, 6.45) is 0. The highest BCUT2D eigenvalue weighted by atomic mass is 35.5. The van der Waals surface area contributed by atoms with Gasteiger partial charge in [0.25, 0.3) is 0 Å². The van der Waals surface area contributed by atoms with Gasteiger partial charge in [0.2, 0.25) is 0 Å². The fourth-order valence-corrected chi connectivity index (χ4v) is 5.00. The van der Waals surface area contributed by atoms with Crippen molar-refractivity contribution in [2.75, 3.05) is 5.32 Å². The molecule has 3 aromatic carbocycles. The highest BCUT2D eigenvalue weighted by Gasteiger charge is 2.18. The van der Waals surface area contributed by atoms with Crippen LogP contribution < -0.4 is 10.6 Å². The molecule has 0 aliphatic carbocycles. The fourth-order valence-electron chi connectivity index (χ4n) is 3.27. The van der Waals surface area contributed by atoms with Gasteiger partial charge in [-0.2, -0.15) is 0 Å². The third-order valence-corrected chi connectivity index (χ3v) is 6.99. The van der Waals surface area contributed by atoms with Gasteiger partial charge < -0.3 is 10.6 Å². The van der Waals surface area contributed by atoms with Crippen molar-refractivity contribution >= 4 is 69.9 Å². The molecule has 0 unspecified atom stereocenters. The molecule has 4 rings (SSSR count). The molecular formula is C24H19Cl4N5OS. The topological polar surface area (TPSA) is 71.8 Å². The number of urea groups is 1. The van der Waals surface area contributed by atoms with Gasteiger partial charge >= 0.3 is 6.03 Å². The Morgan fingerprint density at radius 3 is 2.49 bits per heavy atom. The van der Waals surface area contributed by atoms with Crippen molar-refractivity contribution in [3.8, 4) is 5.69 Å². The lowest BCUT2D eigenvalue weighted by atomic mass is 10.2. The first kappa shape index (κ1) is 25.7. The number of hydrogen-bond donors (Lipinski definition) is 2. The highest BCUT2D eigenvalue weighted by Crippen LogP contribution is 2.31. The summed E-state index contributed by atoms with van der Waals surface area (Å²) in [5, 5.41) is 16.5. The van der Waals surface area contributed by atoms with Gasteiger partial charge in [0, 0.05) is 15.8 Å². The molecule has 2 N–H and O–H groups in total. The van der Waals surface area contributed by atoms with Crippen LogP contribution in [0, 0.1) is 6.92 Å². The van der Waals surface area contributed by atoms with Crippen LogP contribution in [0.4, 0.5) is 10.5 Å². The Kier molecular flexibility index (Phi) is 8.46. The van der Waals surface area contributed by atoms with Crippen LogP contribution >= 0.6 is 58.2 Å². The zero-order valence-corrected chi connectivity index (χ0v) is 22.2. The van der Waals surface area contributed by atoms with E-state index in [1.54, 1.807) is 41.0 Å². The third-order valence-electron chi connectivity index (χ3n) is 4.89. The molecule has 0 radical (unpaired) electrons. The van der Waals surface area contributed by atoms with Crippen LogP contribution in [0.15, 0.2) is 65.8 Å². The number of halogens is 4. The number of thioether (sulfide) groups is 1. The molecule has 0 spiro atoms. The average Bonchev–Trinajstić information content (AvgIpc) is 3.22. The molecule has 4 aromatic rings. The van der Waals surface area contributed by atoms with E-state index in [0.29, 0.717) is 48.2 Å². The van der Waals surface area contributed by atoms with Gasteiger partial charge in [0.15, 0.2) is 11.0 Å². The summed E-state index contributed by atoms with van der Waals surface area (Å²) >= 11 is 26.3. The molecule has 1 aromatic heterocycles. The molecule has 0 saturated carbocycles. The summed E-state index contributed by atoms with van der Waals surface area (Å²) in [7, 11) is 0. The number of carbonyl (C=O) groups excluding carboxylic acids is 1. The number of anilines is 1. The van der Waals surface area contributed by atoms with E-state index in [2.05, 4.69) is 46.0 Å². The minimum Gasteiger partial charge on any atom is -0.331 e. The Morgan fingerprint density at radius 1 is 0.943 bits per heavy atom. The van der Waals surface area contributed by atoms with Crippen LogP contribution in [0.2, 0.25) is 20.1 Å². The van der Waals surface area contributed by atoms with Crippen LogP contribution in [0.5, 0.6) is 0 Å². The van der Waals surface area contributed by atoms with E-state index in [4.69, 9.17) is 46.4 Å². The lowest BCUT2D eigenvalue weighted by molar-refractivity contribution is 0.251. The Balaban J connectivity index is 1.56. The molecular weight excluding hydrogens is 548 g/mol. The monoisotopic (exact) mass is 565 g/mol. The number of benzene rings is 3. The molecule has 11 heteroatoms. The maximum absolute atomic E-state index is 12.5. The van der Waals surface area contributed by atoms with E-state index in [1.165, 1.54) is 17.3 Å². The van der Waals surface area contributed by atoms with Crippen LogP contribution in [0.25, 0.3) is 5.69 Å². The molecule has 0 fully saturated rings. The number of nitrogens with zero attached hydrogens (tertiary/aromatic N) is 3. The number of carbonyl (C=O) groups is 1. The Morgan fingerprint density at radius 2 is 1.71 bits per heavy atom. The molecule has 35 heavy (non-hydrogen) atoms. The summed E-state index contributed by atoms with van der Waals surface area (Å²) in [6.45, 7) is 2.13. The molecule has 6 nitrogen and oxygen atoms in total. The van der Waals surface area contributed by atoms with Gasteiger partial charge in [0.05, 0.1) is 28.0 Å². The van der Waals surface area contributed by atoms with Crippen LogP contribution in [0.3, 0.4) is 0 Å². The molecule has 0 atom stereocenters. The second-order valence-corrected chi connectivity index (χ2v) is 10.2. The van der Waals surface area contributed by atoms with Crippen molar-refractivity contribution < 1.29 is 4.79 Å². The molecule has 2 amide bonds. The zero-order chi connectivity index (χ0) is 24.9. The number of aromatic nitrogens is 3. The Bertz CT molecular complexity index is 1380. The first-order valence-corrected chi connectivity index (χ1v) is 12.9. The van der Waals surface area contributed by atoms with Crippen molar-refractivity contribution in [2.45, 2.75) is 24.4 Å². The highest BCUT2D eigenvalue weighted by molar-refractivity contribution is 7.98. The summed E-state index contributed by atoms with van der Waals surface area (Å²) in [6, 6.07) is 17.7. The van der Waals surface area contributed by atoms with Crippen LogP contribution in [-0.2, 0) is 12.3 Å². The SMILES string of the molecule is Cc1cccc(CSc2nnc(CNC(=O)Nc3ccc(Cl)cc3Cl)n2-c2cc(Cl)ccc2Cl)c1. The number of amides is 2. The predicted octanol–water partition coefficient (Wildman–Crippen LogP) is 7.80. The Labute approximate surface area is 226 Å². The summed E-state index contributed by atoms with van der Waals surface area (Å²) in [5.74, 6) is 1.17. The zero-order valence-electron chi connectivity index (χ0n) is 18.4. The molecule has 1 heterocycles. The Hall–Kier alpha value is -2.42. The van der Waals surface area contributed by atoms with Crippen molar-refractivity contribution in [3.63, 3.8) is 0 Å². The van der Waals surface area contributed by atoms with Crippen molar-refractivity contribution in [2.24, 2.45) is 0 Å². The van der Waals surface area contributed by atoms with E-state index >= 15 is 0 Å². The minimum atomic E-state index is -0.463. The van der Waals surface area contributed by atoms with Crippen LogP contribution in [-0.4, -0.2) is 20.8 Å². The van der Waals surface area contributed by atoms with Crippen LogP contribution in [0.1, 0.15) is 17.0 Å². The van der Waals surface area contributed by atoms with E-state index in [1.807, 2.05) is 6.07 Å². The van der Waals surface area contributed by atoms with Gasteiger partial charge in [-0.05, 0) is 48.9 Å². The van der Waals surface area contributed by atoms with Gasteiger partial charge in [-0.1, -0.05) is 88.0 Å². The van der Waals surface area contributed by atoms with Crippen molar-refractivity contribution in [3.05, 3.63) is 97.7 Å². The third kappa shape index (κ3) is 6.63. The first-order valence-electron chi connectivity index (χ1n) is 10.4. The molecule has 0 aliphatic rings. The number of aryl methyl sites for hydroxylation is 1. The largest absolute Gasteiger partial charge is 0.331 e. The van der Waals surface area contributed by atoms with Gasteiger partial charge in [-0.15, -0.1) is 10.2 Å². The second kappa shape index (κ2) is 11.5. The van der Waals surface area contributed by atoms with Gasteiger partial charge in [-0.25, -0.2) is 4.79 Å². The van der Waals surface area contributed by atoms with E-state index in [-0.39, 0.29) is 6.54 Å². The summed E-state index contributed by atoms with van der Waals surface area (Å²) in [4.78, 5) is 12.5. The summed E-state index contributed by atoms with van der Waals surface area (Å²) < 4.78 is 1.80. The maximum atomic E-state index is 12.5. The minimum absolute atomic E-state index is 0.0812. The van der Waals surface area contributed by atoms with Crippen molar-refractivity contribution in [1.82, 2.24) is 20.1 Å². The lowest BCUT2D eigenvalue weighted by Gasteiger charge is -2.13. The maximum Gasteiger partial charge on any atom is 0.319 e. The van der Waals surface area contributed by atoms with Gasteiger partial charge in [-0.3, -0.25) is 4.57 Å². The number of hydrogen-bond acceptors (Lipinski definition) is 4. The number of rotatable bonds is 7. The first-order chi connectivity index (χ1) is 16.8. The predicted molar refractivity (Wildman–Crippen MR) is 144 cm³/mol. The molecule has 180 valence electrons. The van der Waals surface area contributed by atoms with E-state index < -0.39 is 6.03 Å². The molecule has 0 saturated heterocycles. The summed E-state index contributed by atoms with van der Waals surface area (Å²) in [5.41, 5.74) is 3.39. The lowest BCUT2D eigenvalue weighted by Crippen LogP contribution is -2.29. The molecule has 0 aliphatic heterocycles. The fraction of sp³-hybridized carbons (Fsp3) is 0.125. The molecule has 0 bridgehead atoms. The van der Waals surface area contributed by atoms with Crippen molar-refractivity contribution in [1.29, 1.82) is 0 Å². The standard InChI is InChI=1S/C24H19Cl4N5OS/c1-14-3-2-4-15(9-14)13-35-24-32-31-22(33(24)21-11-17(26)5-7-18(21)27)12-29-23(34)30-20-8-6-16(25)10-19(20)28/h2-11H,12-13H2,1H3,(H2,29,30,34). The normalized spacial score (nSPS) is 10.9. The second-order valence-electron chi connectivity index (χ2n) is 7.54. The smallest absolute Gasteiger partial charge is 0.319 e. The van der Waals surface area contributed by atoms with Gasteiger partial charge in [0.1, 0.15) is 0 Å². The average molecular weight is 567 g/mol. The van der Waals surface area contributed by atoms with E-state index in [0.717, 1.165) is 5.56 Å². The number of nitrogens with one attached hydrogen (secondary N) is 2.